The molecule has 1 fully saturated rings. The number of carbonyl (C=O) groups is 1. The summed E-state index contributed by atoms with van der Waals surface area (Å²) in [4.78, 5) is 15.0. The van der Waals surface area contributed by atoms with Gasteiger partial charge in [0.1, 0.15) is 0 Å². The zero-order chi connectivity index (χ0) is 12.3. The molecule has 1 saturated carbocycles. The molecule has 2 unspecified atom stereocenters. The second kappa shape index (κ2) is 5.17. The molecule has 0 spiro atoms. The lowest BCUT2D eigenvalue weighted by atomic mass is 9.85. The molecular formula is C13H18N2O2. The van der Waals surface area contributed by atoms with E-state index < -0.39 is 5.97 Å². The van der Waals surface area contributed by atoms with Gasteiger partial charge < -0.3 is 10.4 Å². The predicted octanol–water partition coefficient (Wildman–Crippen LogP) is 2.45. The van der Waals surface area contributed by atoms with Crippen LogP contribution >= 0.6 is 0 Å². The van der Waals surface area contributed by atoms with E-state index in [0.717, 1.165) is 36.9 Å². The molecule has 1 heterocycles. The topological polar surface area (TPSA) is 62.2 Å². The number of aliphatic carboxylic acids is 1. The SMILES string of the molecule is Cc1cnccc1NC1CCCC(C(=O)O)C1. The van der Waals surface area contributed by atoms with Crippen molar-refractivity contribution in [1.82, 2.24) is 4.98 Å². The van der Waals surface area contributed by atoms with Crippen molar-refractivity contribution in [3.63, 3.8) is 0 Å². The normalized spacial score (nSPS) is 24.3. The Balaban J connectivity index is 1.99. The van der Waals surface area contributed by atoms with Crippen molar-refractivity contribution in [1.29, 1.82) is 0 Å². The van der Waals surface area contributed by atoms with Crippen LogP contribution < -0.4 is 5.32 Å². The maximum absolute atomic E-state index is 11.0. The Morgan fingerprint density at radius 1 is 1.53 bits per heavy atom. The minimum atomic E-state index is -0.664. The molecule has 0 radical (unpaired) electrons. The van der Waals surface area contributed by atoms with E-state index >= 15 is 0 Å². The second-order valence-corrected chi connectivity index (χ2v) is 4.73. The Labute approximate surface area is 101 Å². The zero-order valence-electron chi connectivity index (χ0n) is 10.0. The van der Waals surface area contributed by atoms with E-state index in [9.17, 15) is 4.79 Å². The fourth-order valence-electron chi connectivity index (χ4n) is 2.40. The first-order valence-electron chi connectivity index (χ1n) is 6.07. The molecule has 2 rings (SSSR count). The molecule has 92 valence electrons. The number of anilines is 1. The fourth-order valence-corrected chi connectivity index (χ4v) is 2.40. The summed E-state index contributed by atoms with van der Waals surface area (Å²) in [6, 6.07) is 2.21. The van der Waals surface area contributed by atoms with E-state index in [1.165, 1.54) is 0 Å². The Kier molecular flexibility index (Phi) is 3.61. The Bertz CT molecular complexity index is 406. The molecule has 0 bridgehead atoms. The van der Waals surface area contributed by atoms with E-state index in [-0.39, 0.29) is 12.0 Å². The third-order valence-corrected chi connectivity index (χ3v) is 3.40. The van der Waals surface area contributed by atoms with Gasteiger partial charge in [0.2, 0.25) is 0 Å². The first kappa shape index (κ1) is 11.9. The fraction of sp³-hybridized carbons (Fsp3) is 0.538. The van der Waals surface area contributed by atoms with Crippen molar-refractivity contribution < 1.29 is 9.90 Å². The lowest BCUT2D eigenvalue weighted by molar-refractivity contribution is -0.142. The summed E-state index contributed by atoms with van der Waals surface area (Å²) in [7, 11) is 0. The third-order valence-electron chi connectivity index (χ3n) is 3.40. The average molecular weight is 234 g/mol. The zero-order valence-corrected chi connectivity index (χ0v) is 10.0. The van der Waals surface area contributed by atoms with Crippen LogP contribution in [0.4, 0.5) is 5.69 Å². The van der Waals surface area contributed by atoms with Gasteiger partial charge in [-0.15, -0.1) is 0 Å². The molecular weight excluding hydrogens is 216 g/mol. The van der Waals surface area contributed by atoms with Crippen LogP contribution in [-0.4, -0.2) is 22.1 Å². The number of nitrogens with zero attached hydrogens (tertiary/aromatic N) is 1. The Morgan fingerprint density at radius 3 is 3.06 bits per heavy atom. The van der Waals surface area contributed by atoms with Crippen molar-refractivity contribution in [3.8, 4) is 0 Å². The summed E-state index contributed by atoms with van der Waals surface area (Å²) >= 11 is 0. The Hall–Kier alpha value is -1.58. The standard InChI is InChI=1S/C13H18N2O2/c1-9-8-14-6-5-12(9)15-11-4-2-3-10(7-11)13(16)17/h5-6,8,10-11H,2-4,7H2,1H3,(H,14,15)(H,16,17). The number of nitrogens with one attached hydrogen (secondary N) is 1. The van der Waals surface area contributed by atoms with Crippen LogP contribution in [-0.2, 0) is 4.79 Å². The minimum absolute atomic E-state index is 0.191. The molecule has 0 saturated heterocycles. The highest BCUT2D eigenvalue weighted by Crippen LogP contribution is 2.27. The first-order valence-corrected chi connectivity index (χ1v) is 6.07. The molecule has 1 aliphatic rings. The average Bonchev–Trinajstić information content (AvgIpc) is 2.32. The van der Waals surface area contributed by atoms with E-state index in [2.05, 4.69) is 10.3 Å². The number of pyridine rings is 1. The number of rotatable bonds is 3. The van der Waals surface area contributed by atoms with Crippen LogP contribution in [0.15, 0.2) is 18.5 Å². The smallest absolute Gasteiger partial charge is 0.306 e. The van der Waals surface area contributed by atoms with Crippen molar-refractivity contribution in [3.05, 3.63) is 24.0 Å². The monoisotopic (exact) mass is 234 g/mol. The highest BCUT2D eigenvalue weighted by molar-refractivity contribution is 5.70. The van der Waals surface area contributed by atoms with Crippen molar-refractivity contribution in [2.45, 2.75) is 38.6 Å². The van der Waals surface area contributed by atoms with Crippen LogP contribution in [0.5, 0.6) is 0 Å². The second-order valence-electron chi connectivity index (χ2n) is 4.73. The van der Waals surface area contributed by atoms with Gasteiger partial charge in [0.15, 0.2) is 0 Å². The summed E-state index contributed by atoms with van der Waals surface area (Å²) in [6.45, 7) is 2.01. The van der Waals surface area contributed by atoms with Gasteiger partial charge in [-0.2, -0.15) is 0 Å². The lowest BCUT2D eigenvalue weighted by Crippen LogP contribution is -2.31. The Morgan fingerprint density at radius 2 is 2.35 bits per heavy atom. The number of hydrogen-bond acceptors (Lipinski definition) is 3. The summed E-state index contributed by atoms with van der Waals surface area (Å²) in [5.41, 5.74) is 2.17. The lowest BCUT2D eigenvalue weighted by Gasteiger charge is -2.28. The molecule has 4 heteroatoms. The van der Waals surface area contributed by atoms with Gasteiger partial charge in [0, 0.05) is 24.1 Å². The molecule has 1 aromatic heterocycles. The first-order chi connectivity index (χ1) is 8.16. The highest BCUT2D eigenvalue weighted by Gasteiger charge is 2.26. The summed E-state index contributed by atoms with van der Waals surface area (Å²) in [6.07, 6.45) is 7.14. The van der Waals surface area contributed by atoms with Gasteiger partial charge >= 0.3 is 5.97 Å². The molecule has 1 aromatic rings. The molecule has 4 nitrogen and oxygen atoms in total. The number of aromatic nitrogens is 1. The predicted molar refractivity (Wildman–Crippen MR) is 66.0 cm³/mol. The molecule has 17 heavy (non-hydrogen) atoms. The summed E-state index contributed by atoms with van der Waals surface area (Å²) in [5.74, 6) is -0.855. The van der Waals surface area contributed by atoms with Crippen molar-refractivity contribution >= 4 is 11.7 Å². The van der Waals surface area contributed by atoms with Crippen molar-refractivity contribution in [2.24, 2.45) is 5.92 Å². The van der Waals surface area contributed by atoms with Crippen LogP contribution in [0.1, 0.15) is 31.2 Å². The highest BCUT2D eigenvalue weighted by atomic mass is 16.4. The molecule has 0 aliphatic heterocycles. The maximum atomic E-state index is 11.0. The largest absolute Gasteiger partial charge is 0.481 e. The van der Waals surface area contributed by atoms with E-state index in [4.69, 9.17) is 5.11 Å². The van der Waals surface area contributed by atoms with E-state index in [1.54, 1.807) is 6.20 Å². The summed E-state index contributed by atoms with van der Waals surface area (Å²) < 4.78 is 0. The molecule has 2 atom stereocenters. The summed E-state index contributed by atoms with van der Waals surface area (Å²) in [5, 5.41) is 12.5. The van der Waals surface area contributed by atoms with Gasteiger partial charge in [-0.25, -0.2) is 0 Å². The number of hydrogen-bond donors (Lipinski definition) is 2. The third kappa shape index (κ3) is 2.96. The van der Waals surface area contributed by atoms with Crippen LogP contribution in [0.2, 0.25) is 0 Å². The van der Waals surface area contributed by atoms with Gasteiger partial charge in [0.05, 0.1) is 5.92 Å². The van der Waals surface area contributed by atoms with Gasteiger partial charge in [0.25, 0.3) is 0 Å². The number of aryl methyl sites for hydroxylation is 1. The quantitative estimate of drug-likeness (QED) is 0.843. The number of carboxylic acids is 1. The van der Waals surface area contributed by atoms with E-state index in [1.807, 2.05) is 19.2 Å². The molecule has 1 aliphatic carbocycles. The van der Waals surface area contributed by atoms with Crippen LogP contribution in [0, 0.1) is 12.8 Å². The van der Waals surface area contributed by atoms with Gasteiger partial charge in [-0.05, 0) is 37.8 Å². The van der Waals surface area contributed by atoms with Gasteiger partial charge in [-0.1, -0.05) is 6.42 Å². The molecule has 2 N–H and O–H groups in total. The van der Waals surface area contributed by atoms with Gasteiger partial charge in [-0.3, -0.25) is 9.78 Å². The minimum Gasteiger partial charge on any atom is -0.481 e. The van der Waals surface area contributed by atoms with Crippen LogP contribution in [0.25, 0.3) is 0 Å². The van der Waals surface area contributed by atoms with Crippen LogP contribution in [0.3, 0.4) is 0 Å². The number of carboxylic acid groups (broad SMARTS) is 1. The van der Waals surface area contributed by atoms with E-state index in [0.29, 0.717) is 0 Å². The molecule has 0 aromatic carbocycles. The van der Waals surface area contributed by atoms with Crippen molar-refractivity contribution in [2.75, 3.05) is 5.32 Å². The molecule has 0 amide bonds. The maximum Gasteiger partial charge on any atom is 0.306 e.